The quantitative estimate of drug-likeness (QED) is 0.545. The summed E-state index contributed by atoms with van der Waals surface area (Å²) >= 11 is 0. The molecule has 0 N–H and O–H groups in total. The molecule has 0 saturated carbocycles. The van der Waals surface area contributed by atoms with Crippen LogP contribution in [0.5, 0.6) is 0 Å². The lowest BCUT2D eigenvalue weighted by Crippen LogP contribution is -2.33. The molecule has 1 aliphatic heterocycles. The summed E-state index contributed by atoms with van der Waals surface area (Å²) in [5.74, 6) is -0.205. The summed E-state index contributed by atoms with van der Waals surface area (Å²) in [5.41, 5.74) is 0. The zero-order valence-electron chi connectivity index (χ0n) is 6.54. The molecular weight excluding hydrogens is 148 g/mol. The van der Waals surface area contributed by atoms with Gasteiger partial charge in [0.05, 0.1) is 13.2 Å². The van der Waals surface area contributed by atoms with Gasteiger partial charge in [-0.25, -0.2) is 0 Å². The molecule has 4 nitrogen and oxygen atoms in total. The van der Waals surface area contributed by atoms with Gasteiger partial charge in [-0.2, -0.15) is 0 Å². The fraction of sp³-hybridized carbons (Fsp3) is 0.857. The smallest absolute Gasteiger partial charge is 0.305 e. The van der Waals surface area contributed by atoms with Crippen molar-refractivity contribution in [2.24, 2.45) is 0 Å². The van der Waals surface area contributed by atoms with Gasteiger partial charge in [-0.05, 0) is 0 Å². The first kappa shape index (κ1) is 8.49. The number of carbonyl (C=O) groups excluding carboxylic acids is 1. The second-order valence-corrected chi connectivity index (χ2v) is 2.32. The molecule has 0 aliphatic carbocycles. The molecule has 0 unspecified atom stereocenters. The lowest BCUT2D eigenvalue weighted by Gasteiger charge is -2.21. The van der Waals surface area contributed by atoms with Crippen molar-refractivity contribution in [3.8, 4) is 0 Å². The zero-order chi connectivity index (χ0) is 8.10. The maximum Gasteiger partial charge on any atom is 0.305 e. The van der Waals surface area contributed by atoms with Crippen LogP contribution in [0.1, 0.15) is 13.3 Å². The van der Waals surface area contributed by atoms with Crippen molar-refractivity contribution in [1.29, 1.82) is 0 Å². The van der Waals surface area contributed by atoms with Crippen LogP contribution in [0.2, 0.25) is 0 Å². The first-order chi connectivity index (χ1) is 5.33. The summed E-state index contributed by atoms with van der Waals surface area (Å²) in [7, 11) is 0. The average molecular weight is 160 g/mol. The highest BCUT2D eigenvalue weighted by Crippen LogP contribution is 2.02. The van der Waals surface area contributed by atoms with E-state index in [-0.39, 0.29) is 12.1 Å². The highest BCUT2D eigenvalue weighted by Gasteiger charge is 2.17. The molecule has 0 aromatic heterocycles. The Labute approximate surface area is 65.4 Å². The van der Waals surface area contributed by atoms with Crippen LogP contribution in [0.4, 0.5) is 0 Å². The molecule has 0 radical (unpaired) electrons. The molecule has 0 amide bonds. The van der Waals surface area contributed by atoms with Crippen LogP contribution in [0.15, 0.2) is 0 Å². The van der Waals surface area contributed by atoms with E-state index in [0.717, 1.165) is 0 Å². The van der Waals surface area contributed by atoms with Crippen LogP contribution in [0, 0.1) is 0 Å². The van der Waals surface area contributed by atoms with Crippen molar-refractivity contribution < 1.29 is 19.0 Å². The Hall–Kier alpha value is -0.610. The van der Waals surface area contributed by atoms with Gasteiger partial charge in [-0.1, -0.05) is 6.92 Å². The monoisotopic (exact) mass is 160 g/mol. The second kappa shape index (κ2) is 4.31. The Morgan fingerprint density at radius 2 is 2.18 bits per heavy atom. The van der Waals surface area contributed by atoms with Gasteiger partial charge in [0, 0.05) is 6.42 Å². The van der Waals surface area contributed by atoms with Crippen molar-refractivity contribution >= 4 is 5.97 Å². The van der Waals surface area contributed by atoms with E-state index in [9.17, 15) is 4.79 Å². The van der Waals surface area contributed by atoms with Gasteiger partial charge in [0.15, 0.2) is 0 Å². The van der Waals surface area contributed by atoms with E-state index >= 15 is 0 Å². The van der Waals surface area contributed by atoms with Crippen LogP contribution in [-0.2, 0) is 19.0 Å². The normalized spacial score (nSPS) is 19.7. The average Bonchev–Trinajstić information content (AvgIpc) is 2.06. The maximum absolute atomic E-state index is 10.7. The van der Waals surface area contributed by atoms with E-state index in [1.807, 2.05) is 0 Å². The fourth-order valence-electron chi connectivity index (χ4n) is 0.803. The molecule has 0 aromatic carbocycles. The molecule has 0 spiro atoms. The van der Waals surface area contributed by atoms with E-state index in [0.29, 0.717) is 26.4 Å². The summed E-state index contributed by atoms with van der Waals surface area (Å²) in [5, 5.41) is 0. The third kappa shape index (κ3) is 2.86. The Morgan fingerprint density at radius 1 is 1.55 bits per heavy atom. The van der Waals surface area contributed by atoms with Crippen molar-refractivity contribution in [3.63, 3.8) is 0 Å². The third-order valence-electron chi connectivity index (χ3n) is 1.36. The number of hydrogen-bond donors (Lipinski definition) is 0. The molecule has 1 rings (SSSR count). The number of rotatable bonds is 2. The summed E-state index contributed by atoms with van der Waals surface area (Å²) in [6.07, 6.45) is 0.187. The van der Waals surface area contributed by atoms with Crippen molar-refractivity contribution in [2.45, 2.75) is 19.4 Å². The number of ether oxygens (including phenoxy) is 3. The van der Waals surface area contributed by atoms with Crippen molar-refractivity contribution in [1.82, 2.24) is 0 Å². The Morgan fingerprint density at radius 3 is 2.73 bits per heavy atom. The Bertz CT molecular complexity index is 128. The number of esters is 1. The molecule has 1 aliphatic rings. The molecule has 4 heteroatoms. The third-order valence-corrected chi connectivity index (χ3v) is 1.36. The minimum absolute atomic E-state index is 0.205. The van der Waals surface area contributed by atoms with Crippen LogP contribution >= 0.6 is 0 Å². The van der Waals surface area contributed by atoms with Gasteiger partial charge in [-0.15, -0.1) is 0 Å². The van der Waals surface area contributed by atoms with E-state index < -0.39 is 0 Å². The Balaban J connectivity index is 2.19. The van der Waals surface area contributed by atoms with Gasteiger partial charge in [0.2, 0.25) is 0 Å². The predicted molar refractivity (Wildman–Crippen MR) is 36.9 cm³/mol. The topological polar surface area (TPSA) is 44.8 Å². The van der Waals surface area contributed by atoms with E-state index in [4.69, 9.17) is 14.2 Å². The van der Waals surface area contributed by atoms with Gasteiger partial charge in [0.1, 0.15) is 12.9 Å². The maximum atomic E-state index is 10.7. The van der Waals surface area contributed by atoms with E-state index in [2.05, 4.69) is 0 Å². The summed E-state index contributed by atoms with van der Waals surface area (Å²) in [6, 6.07) is 0. The van der Waals surface area contributed by atoms with Gasteiger partial charge in [-0.3, -0.25) is 4.79 Å². The largest absolute Gasteiger partial charge is 0.457 e. The van der Waals surface area contributed by atoms with Crippen LogP contribution < -0.4 is 0 Å². The van der Waals surface area contributed by atoms with Gasteiger partial charge >= 0.3 is 5.97 Å². The summed E-state index contributed by atoms with van der Waals surface area (Å²) in [4.78, 5) is 10.7. The minimum atomic E-state index is -0.212. The van der Waals surface area contributed by atoms with Crippen LogP contribution in [0.25, 0.3) is 0 Å². The number of carbonyl (C=O) groups is 1. The zero-order valence-corrected chi connectivity index (χ0v) is 6.54. The fourth-order valence-corrected chi connectivity index (χ4v) is 0.803. The molecule has 0 atom stereocenters. The SMILES string of the molecule is CCC(=O)OC1COCOC1. The molecule has 64 valence electrons. The summed E-state index contributed by atoms with van der Waals surface area (Å²) < 4.78 is 14.8. The standard InChI is InChI=1S/C7H12O4/c1-2-7(8)11-6-3-9-5-10-4-6/h6H,2-5H2,1H3. The minimum Gasteiger partial charge on any atom is -0.457 e. The molecular formula is C7H12O4. The summed E-state index contributed by atoms with van der Waals surface area (Å²) in [6.45, 7) is 2.96. The molecule has 0 bridgehead atoms. The first-order valence-corrected chi connectivity index (χ1v) is 3.68. The van der Waals surface area contributed by atoms with Crippen LogP contribution in [-0.4, -0.2) is 32.1 Å². The molecule has 0 aromatic rings. The Kier molecular flexibility index (Phi) is 3.32. The molecule has 1 fully saturated rings. The highest BCUT2D eigenvalue weighted by atomic mass is 16.7. The first-order valence-electron chi connectivity index (χ1n) is 3.68. The second-order valence-electron chi connectivity index (χ2n) is 2.32. The molecule has 1 heterocycles. The van der Waals surface area contributed by atoms with E-state index in [1.54, 1.807) is 6.92 Å². The molecule has 11 heavy (non-hydrogen) atoms. The van der Waals surface area contributed by atoms with E-state index in [1.165, 1.54) is 0 Å². The van der Waals surface area contributed by atoms with Crippen LogP contribution in [0.3, 0.4) is 0 Å². The lowest BCUT2D eigenvalue weighted by molar-refractivity contribution is -0.182. The lowest BCUT2D eigenvalue weighted by atomic mass is 10.4. The predicted octanol–water partition coefficient (Wildman–Crippen LogP) is 0.312. The van der Waals surface area contributed by atoms with Crippen molar-refractivity contribution in [3.05, 3.63) is 0 Å². The van der Waals surface area contributed by atoms with Gasteiger partial charge in [0.25, 0.3) is 0 Å². The van der Waals surface area contributed by atoms with Crippen molar-refractivity contribution in [2.75, 3.05) is 20.0 Å². The highest BCUT2D eigenvalue weighted by molar-refractivity contribution is 5.69. The molecule has 1 saturated heterocycles. The van der Waals surface area contributed by atoms with Gasteiger partial charge < -0.3 is 14.2 Å². The number of hydrogen-bond acceptors (Lipinski definition) is 4.